The number of hydrogen-bond donors (Lipinski definition) is 0. The van der Waals surface area contributed by atoms with Crippen LogP contribution in [0.5, 0.6) is 0 Å². The first kappa shape index (κ1) is 9.97. The fourth-order valence-corrected chi connectivity index (χ4v) is 1.91. The van der Waals surface area contributed by atoms with Crippen LogP contribution in [0.15, 0.2) is 0 Å². The zero-order valence-electron chi connectivity index (χ0n) is 4.27. The Hall–Kier alpha value is -0.0262. The van der Waals surface area contributed by atoms with Crippen LogP contribution in [-0.2, 0) is 14.0 Å². The van der Waals surface area contributed by atoms with Crippen LogP contribution < -0.4 is 0 Å². The Morgan fingerprint density at radius 1 is 1.40 bits per heavy atom. The molecule has 0 fully saturated rings. The first-order valence-electron chi connectivity index (χ1n) is 1.73. The highest BCUT2D eigenvalue weighted by Gasteiger charge is 2.47. The van der Waals surface area contributed by atoms with Crippen molar-refractivity contribution in [2.45, 2.75) is 5.51 Å². The van der Waals surface area contributed by atoms with E-state index in [1.165, 1.54) is 0 Å². The summed E-state index contributed by atoms with van der Waals surface area (Å²) in [6.45, 7) is 0. The molecule has 0 spiro atoms. The van der Waals surface area contributed by atoms with Crippen LogP contribution in [-0.4, -0.2) is 32.1 Å². The molecule has 0 aromatic heterocycles. The molecule has 0 N–H and O–H groups in total. The normalized spacial score (nSPS) is 12.7. The van der Waals surface area contributed by atoms with Gasteiger partial charge in [-0.2, -0.15) is 21.6 Å². The smallest absolute Gasteiger partial charge is 0.446 e. The van der Waals surface area contributed by atoms with E-state index < -0.39 is 24.5 Å². The van der Waals surface area contributed by atoms with E-state index in [1.54, 1.807) is 0 Å². The molecule has 3 nitrogen and oxygen atoms in total. The van der Waals surface area contributed by atoms with Gasteiger partial charge in [-0.1, -0.05) is 0 Å². The Kier molecular flexibility index (Phi) is 2.91. The molecule has 0 aliphatic rings. The van der Waals surface area contributed by atoms with Crippen molar-refractivity contribution in [3.63, 3.8) is 0 Å². The second kappa shape index (κ2) is 2.92. The maximum absolute atomic E-state index is 11.3. The van der Waals surface area contributed by atoms with Gasteiger partial charge in [0.25, 0.3) is 8.86 Å². The van der Waals surface area contributed by atoms with Crippen molar-refractivity contribution in [3.8, 4) is 0 Å². The molecule has 0 heterocycles. The summed E-state index contributed by atoms with van der Waals surface area (Å²) < 4.78 is 57.0. The average Bonchev–Trinajstić information content (AvgIpc) is 1.61. The predicted octanol–water partition coefficient (Wildman–Crippen LogP) is -0.445. The summed E-state index contributed by atoms with van der Waals surface area (Å²) in [5.41, 5.74) is -5.33. The fraction of sp³-hybridized carbons (Fsp3) is 1.00. The minimum atomic E-state index is -5.38. The van der Waals surface area contributed by atoms with Crippen molar-refractivity contribution < 1.29 is 25.5 Å². The molecule has 3 radical (unpaired) electrons. The molecule has 0 aromatic carbocycles. The van der Waals surface area contributed by atoms with Crippen LogP contribution in [0.25, 0.3) is 0 Å². The van der Waals surface area contributed by atoms with Crippen molar-refractivity contribution in [1.82, 2.24) is 0 Å². The van der Waals surface area contributed by atoms with Crippen molar-refractivity contribution in [3.05, 3.63) is 0 Å². The fourth-order valence-electron chi connectivity index (χ4n) is 0.102. The van der Waals surface area contributed by atoms with E-state index in [0.717, 1.165) is 0 Å². The van der Waals surface area contributed by atoms with E-state index in [0.29, 0.717) is 0 Å². The molecule has 0 amide bonds. The van der Waals surface area contributed by atoms with Gasteiger partial charge in [-0.05, 0) is 0 Å². The van der Waals surface area contributed by atoms with Gasteiger partial charge in [0, 0.05) is 0 Å². The zero-order valence-corrected chi connectivity index (χ0v) is 7.08. The molecule has 57 valence electrons. The van der Waals surface area contributed by atoms with Crippen LogP contribution in [0.1, 0.15) is 0 Å². The standard InChI is InChI=1S/CF3O3SSi2/c2-1(3,4)8(5,6)7-10-9. The molecule has 9 heteroatoms. The minimum absolute atomic E-state index is 0.920. The summed E-state index contributed by atoms with van der Waals surface area (Å²) >= 11 is 0. The summed E-state index contributed by atoms with van der Waals surface area (Å²) in [5, 5.41) is 0. The third kappa shape index (κ3) is 2.30. The summed E-state index contributed by atoms with van der Waals surface area (Å²) in [6, 6.07) is 0. The molecule has 10 heavy (non-hydrogen) atoms. The highest BCUT2D eigenvalue weighted by atomic mass is 32.2. The Morgan fingerprint density at radius 3 is 1.90 bits per heavy atom. The SMILES string of the molecule is O=S(=O)(O[Si]=[Si])C(F)(F)F. The van der Waals surface area contributed by atoms with E-state index in [-0.39, 0.29) is 0 Å². The Labute approximate surface area is 60.0 Å². The lowest BCUT2D eigenvalue weighted by Crippen LogP contribution is -2.25. The molecule has 0 saturated carbocycles. The molecule has 0 aromatic rings. The van der Waals surface area contributed by atoms with Crippen LogP contribution in [0.2, 0.25) is 0 Å². The van der Waals surface area contributed by atoms with Gasteiger partial charge in [0.2, 0.25) is 0 Å². The third-order valence-corrected chi connectivity index (χ3v) is 2.96. The molecule has 0 rings (SSSR count). The van der Waals surface area contributed by atoms with Gasteiger partial charge in [0.15, 0.2) is 0 Å². The van der Waals surface area contributed by atoms with E-state index in [2.05, 4.69) is 13.2 Å². The number of halogens is 3. The van der Waals surface area contributed by atoms with E-state index in [1.807, 2.05) is 0 Å². The average molecular weight is 205 g/mol. The van der Waals surface area contributed by atoms with Gasteiger partial charge in [0.1, 0.15) is 0 Å². The first-order chi connectivity index (χ1) is 4.31. The van der Waals surface area contributed by atoms with Crippen LogP contribution >= 0.6 is 0 Å². The minimum Gasteiger partial charge on any atom is -0.446 e. The summed E-state index contributed by atoms with van der Waals surface area (Å²) in [6.07, 6.45) is 0. The van der Waals surface area contributed by atoms with Crippen LogP contribution in [0.4, 0.5) is 13.2 Å². The molecule has 0 saturated heterocycles. The molecule has 0 bridgehead atoms. The zero-order chi connectivity index (χ0) is 8.41. The van der Waals surface area contributed by atoms with Crippen LogP contribution in [0, 0.1) is 0 Å². The predicted molar refractivity (Wildman–Crippen MR) is 27.6 cm³/mol. The molecular formula is CF3O3SSi2. The maximum atomic E-state index is 11.3. The third-order valence-electron chi connectivity index (χ3n) is 0.435. The monoisotopic (exact) mass is 205 g/mol. The molecule has 0 unspecified atom stereocenters. The lowest BCUT2D eigenvalue weighted by atomic mass is 11.6. The second-order valence-corrected chi connectivity index (χ2v) is 3.94. The lowest BCUT2D eigenvalue weighted by molar-refractivity contribution is -0.0498. The van der Waals surface area contributed by atoms with E-state index in [9.17, 15) is 21.6 Å². The topological polar surface area (TPSA) is 43.4 Å². The second-order valence-electron chi connectivity index (χ2n) is 1.09. The maximum Gasteiger partial charge on any atom is 0.533 e. The Balaban J connectivity index is 4.59. The highest BCUT2D eigenvalue weighted by molar-refractivity contribution is 7.88. The molecule has 0 atom stereocenters. The van der Waals surface area contributed by atoms with Gasteiger partial charge in [-0.15, -0.1) is 0 Å². The summed E-state index contributed by atoms with van der Waals surface area (Å²) in [5.74, 6) is 0. The van der Waals surface area contributed by atoms with Crippen LogP contribution in [0.3, 0.4) is 0 Å². The quantitative estimate of drug-likeness (QED) is 0.453. The lowest BCUT2D eigenvalue weighted by Gasteiger charge is -2.04. The van der Waals surface area contributed by atoms with Gasteiger partial charge >= 0.3 is 15.6 Å². The molecule has 0 aliphatic heterocycles. The molecule has 0 aliphatic carbocycles. The van der Waals surface area contributed by atoms with Crippen molar-refractivity contribution in [2.75, 3.05) is 0 Å². The Bertz CT molecular complexity index is 216. The van der Waals surface area contributed by atoms with Crippen molar-refractivity contribution in [2.24, 2.45) is 0 Å². The molecular weight excluding hydrogens is 205 g/mol. The van der Waals surface area contributed by atoms with Crippen molar-refractivity contribution in [1.29, 1.82) is 0 Å². The Morgan fingerprint density at radius 2 is 1.80 bits per heavy atom. The van der Waals surface area contributed by atoms with Crippen molar-refractivity contribution >= 4 is 28.3 Å². The summed E-state index contributed by atoms with van der Waals surface area (Å²) in [4.78, 5) is 0. The highest BCUT2D eigenvalue weighted by Crippen LogP contribution is 2.23. The van der Waals surface area contributed by atoms with Gasteiger partial charge in [-0.25, -0.2) is 0 Å². The largest absolute Gasteiger partial charge is 0.533 e. The van der Waals surface area contributed by atoms with Gasteiger partial charge < -0.3 is 3.87 Å². The first-order valence-corrected chi connectivity index (χ1v) is 5.54. The number of rotatable bonds is 2. The number of hydrogen-bond acceptors (Lipinski definition) is 3. The van der Waals surface area contributed by atoms with E-state index >= 15 is 0 Å². The van der Waals surface area contributed by atoms with E-state index in [4.69, 9.17) is 0 Å². The number of alkyl halides is 3. The van der Waals surface area contributed by atoms with Gasteiger partial charge in [-0.3, -0.25) is 0 Å². The summed E-state index contributed by atoms with van der Waals surface area (Å²) in [7, 11) is -3.85. The van der Waals surface area contributed by atoms with Gasteiger partial charge in [0.05, 0.1) is 9.34 Å².